The third-order valence-corrected chi connectivity index (χ3v) is 3.54. The van der Waals surface area contributed by atoms with Gasteiger partial charge in [-0.2, -0.15) is 0 Å². The summed E-state index contributed by atoms with van der Waals surface area (Å²) in [6.07, 6.45) is 7.52. The highest BCUT2D eigenvalue weighted by atomic mass is 19.1. The van der Waals surface area contributed by atoms with Gasteiger partial charge in [-0.25, -0.2) is 14.4 Å². The van der Waals surface area contributed by atoms with E-state index in [1.54, 1.807) is 0 Å². The van der Waals surface area contributed by atoms with Gasteiger partial charge in [0.1, 0.15) is 18.0 Å². The topological polar surface area (TPSA) is 42.7 Å². The molecule has 2 aromatic heterocycles. The van der Waals surface area contributed by atoms with Crippen LogP contribution in [0.3, 0.4) is 0 Å². The summed E-state index contributed by atoms with van der Waals surface area (Å²) in [4.78, 5) is 8.72. The van der Waals surface area contributed by atoms with E-state index in [9.17, 15) is 4.39 Å². The third-order valence-electron chi connectivity index (χ3n) is 3.54. The van der Waals surface area contributed by atoms with Crippen LogP contribution in [0, 0.1) is 5.82 Å². The van der Waals surface area contributed by atoms with Gasteiger partial charge in [-0.3, -0.25) is 4.57 Å². The molecular formula is C14H17FN4. The van der Waals surface area contributed by atoms with Gasteiger partial charge in [-0.05, 0) is 38.8 Å². The van der Waals surface area contributed by atoms with Crippen molar-refractivity contribution in [3.05, 3.63) is 41.4 Å². The highest BCUT2D eigenvalue weighted by Gasteiger charge is 2.18. The maximum atomic E-state index is 13.3. The summed E-state index contributed by atoms with van der Waals surface area (Å²) in [5.41, 5.74) is 3.24. The van der Waals surface area contributed by atoms with Crippen molar-refractivity contribution in [1.82, 2.24) is 19.9 Å². The van der Waals surface area contributed by atoms with Crippen LogP contribution in [0.4, 0.5) is 4.39 Å². The smallest absolute Gasteiger partial charge is 0.142 e. The minimum atomic E-state index is -0.303. The van der Waals surface area contributed by atoms with Crippen molar-refractivity contribution < 1.29 is 4.39 Å². The highest BCUT2D eigenvalue weighted by Crippen LogP contribution is 2.24. The van der Waals surface area contributed by atoms with E-state index in [-0.39, 0.29) is 5.82 Å². The Kier molecular flexibility index (Phi) is 3.29. The van der Waals surface area contributed by atoms with Crippen LogP contribution in [-0.2, 0) is 19.4 Å². The molecule has 0 radical (unpaired) electrons. The molecule has 0 aliphatic heterocycles. The first-order valence-electron chi connectivity index (χ1n) is 6.64. The molecule has 4 nitrogen and oxygen atoms in total. The first-order chi connectivity index (χ1) is 9.29. The van der Waals surface area contributed by atoms with Crippen molar-refractivity contribution in [2.75, 3.05) is 7.05 Å². The lowest BCUT2D eigenvalue weighted by molar-refractivity contribution is 0.612. The number of fused-ring (bicyclic) bond motifs is 1. The maximum absolute atomic E-state index is 13.3. The molecule has 0 bridgehead atoms. The Morgan fingerprint density at radius 1 is 1.32 bits per heavy atom. The zero-order valence-electron chi connectivity index (χ0n) is 11.0. The van der Waals surface area contributed by atoms with Gasteiger partial charge in [0.25, 0.3) is 0 Å². The van der Waals surface area contributed by atoms with Gasteiger partial charge in [0.05, 0.1) is 11.9 Å². The average Bonchev–Trinajstić information content (AvgIpc) is 2.83. The van der Waals surface area contributed by atoms with E-state index in [1.165, 1.54) is 30.8 Å². The first kappa shape index (κ1) is 12.3. The number of nitrogens with zero attached hydrogens (tertiary/aromatic N) is 3. The van der Waals surface area contributed by atoms with Gasteiger partial charge in [0.2, 0.25) is 0 Å². The van der Waals surface area contributed by atoms with Crippen LogP contribution in [0.5, 0.6) is 0 Å². The van der Waals surface area contributed by atoms with Crippen LogP contribution in [0.15, 0.2) is 18.6 Å². The maximum Gasteiger partial charge on any atom is 0.142 e. The first-order valence-corrected chi connectivity index (χ1v) is 6.64. The Bertz CT molecular complexity index is 591. The van der Waals surface area contributed by atoms with Gasteiger partial charge in [-0.1, -0.05) is 0 Å². The van der Waals surface area contributed by atoms with Crippen LogP contribution < -0.4 is 5.32 Å². The van der Waals surface area contributed by atoms with E-state index in [4.69, 9.17) is 0 Å². The molecule has 100 valence electrons. The van der Waals surface area contributed by atoms with Crippen LogP contribution >= 0.6 is 0 Å². The summed E-state index contributed by atoms with van der Waals surface area (Å²) in [7, 11) is 1.85. The number of hydrogen-bond acceptors (Lipinski definition) is 3. The second-order valence-corrected chi connectivity index (χ2v) is 4.88. The number of nitrogens with one attached hydrogen (secondary N) is 1. The number of hydrogen-bond donors (Lipinski definition) is 1. The molecule has 0 atom stereocenters. The van der Waals surface area contributed by atoms with Crippen LogP contribution in [0.2, 0.25) is 0 Å². The zero-order chi connectivity index (χ0) is 13.2. The molecule has 0 aromatic carbocycles. The zero-order valence-corrected chi connectivity index (χ0v) is 11.0. The Balaban J connectivity index is 2.08. The summed E-state index contributed by atoms with van der Waals surface area (Å²) >= 11 is 0. The molecule has 19 heavy (non-hydrogen) atoms. The van der Waals surface area contributed by atoms with Gasteiger partial charge >= 0.3 is 0 Å². The van der Waals surface area contributed by atoms with E-state index in [0.29, 0.717) is 6.54 Å². The molecule has 1 aliphatic rings. The van der Waals surface area contributed by atoms with Crippen molar-refractivity contribution in [2.45, 2.75) is 32.2 Å². The number of halogens is 1. The number of imidazole rings is 1. The van der Waals surface area contributed by atoms with E-state index < -0.39 is 0 Å². The fourth-order valence-corrected chi connectivity index (χ4v) is 2.66. The lowest BCUT2D eigenvalue weighted by atomic mass is 10.0. The van der Waals surface area contributed by atoms with Crippen molar-refractivity contribution >= 4 is 0 Å². The minimum absolute atomic E-state index is 0.303. The molecule has 5 heteroatoms. The molecule has 0 saturated heterocycles. The van der Waals surface area contributed by atoms with Crippen molar-refractivity contribution in [3.63, 3.8) is 0 Å². The van der Waals surface area contributed by atoms with E-state index >= 15 is 0 Å². The Morgan fingerprint density at radius 3 is 3.00 bits per heavy atom. The molecule has 0 spiro atoms. The number of rotatable bonds is 3. The van der Waals surface area contributed by atoms with Crippen LogP contribution in [0.1, 0.15) is 29.8 Å². The normalized spacial score (nSPS) is 14.4. The summed E-state index contributed by atoms with van der Waals surface area (Å²) in [5.74, 6) is 0.481. The van der Waals surface area contributed by atoms with Crippen molar-refractivity contribution in [2.24, 2.45) is 0 Å². The summed E-state index contributed by atoms with van der Waals surface area (Å²) in [6, 6.07) is 1.54. The summed E-state index contributed by atoms with van der Waals surface area (Å²) < 4.78 is 15.4. The average molecular weight is 260 g/mol. The van der Waals surface area contributed by atoms with E-state index in [2.05, 4.69) is 15.3 Å². The van der Waals surface area contributed by atoms with Crippen LogP contribution in [0.25, 0.3) is 5.82 Å². The minimum Gasteiger partial charge on any atom is -0.316 e. The third kappa shape index (κ3) is 2.26. The molecule has 0 saturated carbocycles. The lowest BCUT2D eigenvalue weighted by Gasteiger charge is -2.15. The summed E-state index contributed by atoms with van der Waals surface area (Å²) in [5, 5.41) is 3.05. The molecular weight excluding hydrogens is 243 g/mol. The predicted octanol–water partition coefficient (Wildman–Crippen LogP) is 2.00. The van der Waals surface area contributed by atoms with Crippen molar-refractivity contribution in [1.29, 1.82) is 0 Å². The molecule has 3 rings (SSSR count). The molecule has 1 aliphatic carbocycles. The van der Waals surface area contributed by atoms with Gasteiger partial charge in [-0.15, -0.1) is 0 Å². The number of aryl methyl sites for hydroxylation is 1. The van der Waals surface area contributed by atoms with Crippen molar-refractivity contribution in [3.8, 4) is 5.82 Å². The fraction of sp³-hybridized carbons (Fsp3) is 0.429. The quantitative estimate of drug-likeness (QED) is 0.918. The Morgan fingerprint density at radius 2 is 2.16 bits per heavy atom. The number of pyridine rings is 1. The van der Waals surface area contributed by atoms with Crippen LogP contribution in [-0.4, -0.2) is 21.6 Å². The van der Waals surface area contributed by atoms with E-state index in [0.717, 1.165) is 29.9 Å². The molecule has 0 fully saturated rings. The monoisotopic (exact) mass is 260 g/mol. The molecule has 2 aromatic rings. The standard InChI is InChI=1S/C14H17FN4/c1-16-7-10-6-11(15)8-17-14(10)19-9-18-12-4-2-3-5-13(12)19/h6,8-9,16H,2-5,7H2,1H3. The highest BCUT2D eigenvalue weighted by molar-refractivity contribution is 5.37. The molecule has 2 heterocycles. The largest absolute Gasteiger partial charge is 0.316 e. The molecule has 1 N–H and O–H groups in total. The second kappa shape index (κ2) is 5.09. The lowest BCUT2D eigenvalue weighted by Crippen LogP contribution is -2.13. The van der Waals surface area contributed by atoms with Gasteiger partial charge in [0, 0.05) is 17.8 Å². The van der Waals surface area contributed by atoms with Gasteiger partial charge < -0.3 is 5.32 Å². The number of aromatic nitrogens is 3. The predicted molar refractivity (Wildman–Crippen MR) is 70.7 cm³/mol. The Labute approximate surface area is 111 Å². The fourth-order valence-electron chi connectivity index (χ4n) is 2.66. The SMILES string of the molecule is CNCc1cc(F)cnc1-n1cnc2c1CCCC2. The Hall–Kier alpha value is -1.75. The second-order valence-electron chi connectivity index (χ2n) is 4.88. The molecule has 0 unspecified atom stereocenters. The summed E-state index contributed by atoms with van der Waals surface area (Å²) in [6.45, 7) is 0.590. The van der Waals surface area contributed by atoms with Gasteiger partial charge in [0.15, 0.2) is 0 Å². The van der Waals surface area contributed by atoms with E-state index in [1.807, 2.05) is 17.9 Å². The molecule has 0 amide bonds.